The zero-order valence-corrected chi connectivity index (χ0v) is 13.5. The SMILES string of the molecule is CCc1cnc(C(C)N2CCCNC(C(C)C)C2)s1. The van der Waals surface area contributed by atoms with Gasteiger partial charge in [0.25, 0.3) is 0 Å². The molecule has 108 valence electrons. The van der Waals surface area contributed by atoms with Gasteiger partial charge in [-0.15, -0.1) is 11.3 Å². The van der Waals surface area contributed by atoms with Gasteiger partial charge in [0.1, 0.15) is 5.01 Å². The Kier molecular flexibility index (Phi) is 5.37. The van der Waals surface area contributed by atoms with Crippen LogP contribution in [0.1, 0.15) is 50.0 Å². The average molecular weight is 281 g/mol. The van der Waals surface area contributed by atoms with E-state index in [1.165, 1.54) is 22.9 Å². The first-order chi connectivity index (χ1) is 9.11. The van der Waals surface area contributed by atoms with Crippen LogP contribution in [-0.2, 0) is 6.42 Å². The van der Waals surface area contributed by atoms with Gasteiger partial charge in [-0.3, -0.25) is 4.90 Å². The van der Waals surface area contributed by atoms with Gasteiger partial charge in [0.2, 0.25) is 0 Å². The van der Waals surface area contributed by atoms with E-state index in [1.807, 2.05) is 17.5 Å². The third-order valence-corrected chi connectivity index (χ3v) is 5.40. The van der Waals surface area contributed by atoms with E-state index in [0.717, 1.165) is 19.5 Å². The highest BCUT2D eigenvalue weighted by Crippen LogP contribution is 2.26. The van der Waals surface area contributed by atoms with Gasteiger partial charge < -0.3 is 5.32 Å². The molecule has 2 rings (SSSR count). The summed E-state index contributed by atoms with van der Waals surface area (Å²) < 4.78 is 0. The fourth-order valence-electron chi connectivity index (χ4n) is 2.61. The molecule has 0 radical (unpaired) electrons. The topological polar surface area (TPSA) is 28.2 Å². The number of nitrogens with one attached hydrogen (secondary N) is 1. The molecule has 0 aromatic carbocycles. The summed E-state index contributed by atoms with van der Waals surface area (Å²) in [5, 5.41) is 4.95. The maximum Gasteiger partial charge on any atom is 0.110 e. The second kappa shape index (κ2) is 6.82. The van der Waals surface area contributed by atoms with E-state index >= 15 is 0 Å². The van der Waals surface area contributed by atoms with Crippen molar-refractivity contribution < 1.29 is 0 Å². The first-order valence-electron chi connectivity index (χ1n) is 7.53. The fourth-order valence-corrected chi connectivity index (χ4v) is 3.56. The molecule has 3 nitrogen and oxygen atoms in total. The Hall–Kier alpha value is -0.450. The summed E-state index contributed by atoms with van der Waals surface area (Å²) in [5.74, 6) is 0.690. The van der Waals surface area contributed by atoms with Gasteiger partial charge in [-0.05, 0) is 32.2 Å². The first kappa shape index (κ1) is 14.9. The van der Waals surface area contributed by atoms with E-state index in [-0.39, 0.29) is 0 Å². The van der Waals surface area contributed by atoms with Crippen molar-refractivity contribution in [3.63, 3.8) is 0 Å². The summed E-state index contributed by atoms with van der Waals surface area (Å²) >= 11 is 1.88. The maximum atomic E-state index is 4.62. The third kappa shape index (κ3) is 3.77. The van der Waals surface area contributed by atoms with Crippen LogP contribution in [-0.4, -0.2) is 35.6 Å². The first-order valence-corrected chi connectivity index (χ1v) is 8.35. The molecule has 1 aromatic heterocycles. The maximum absolute atomic E-state index is 4.62. The van der Waals surface area contributed by atoms with Crippen LogP contribution in [0.25, 0.3) is 0 Å². The molecule has 19 heavy (non-hydrogen) atoms. The quantitative estimate of drug-likeness (QED) is 0.919. The van der Waals surface area contributed by atoms with Crippen LogP contribution in [0.3, 0.4) is 0 Å². The Labute approximate surface area is 121 Å². The number of thiazole rings is 1. The molecule has 2 heterocycles. The highest BCUT2D eigenvalue weighted by atomic mass is 32.1. The van der Waals surface area contributed by atoms with Gasteiger partial charge in [0.05, 0.1) is 6.04 Å². The van der Waals surface area contributed by atoms with E-state index < -0.39 is 0 Å². The number of aryl methyl sites for hydroxylation is 1. The molecule has 1 aliphatic heterocycles. The molecular formula is C15H27N3S. The molecule has 0 amide bonds. The molecule has 2 unspecified atom stereocenters. The number of hydrogen-bond acceptors (Lipinski definition) is 4. The minimum Gasteiger partial charge on any atom is -0.312 e. The van der Waals surface area contributed by atoms with Gasteiger partial charge in [0, 0.05) is 30.2 Å². The van der Waals surface area contributed by atoms with Gasteiger partial charge in [-0.25, -0.2) is 4.98 Å². The van der Waals surface area contributed by atoms with Crippen molar-refractivity contribution in [2.24, 2.45) is 5.92 Å². The fraction of sp³-hybridized carbons (Fsp3) is 0.800. The Morgan fingerprint density at radius 3 is 2.89 bits per heavy atom. The Bertz CT molecular complexity index is 388. The summed E-state index contributed by atoms with van der Waals surface area (Å²) in [7, 11) is 0. The van der Waals surface area contributed by atoms with Gasteiger partial charge in [-0.1, -0.05) is 20.8 Å². The molecule has 1 saturated heterocycles. The highest BCUT2D eigenvalue weighted by Gasteiger charge is 2.25. The predicted molar refractivity (Wildman–Crippen MR) is 82.7 cm³/mol. The highest BCUT2D eigenvalue weighted by molar-refractivity contribution is 7.11. The van der Waals surface area contributed by atoms with E-state index in [2.05, 4.69) is 42.9 Å². The monoisotopic (exact) mass is 281 g/mol. The summed E-state index contributed by atoms with van der Waals surface area (Å²) in [6, 6.07) is 1.06. The molecular weight excluding hydrogens is 254 g/mol. The minimum atomic E-state index is 0.450. The van der Waals surface area contributed by atoms with Crippen molar-refractivity contribution in [2.45, 2.75) is 52.6 Å². The Morgan fingerprint density at radius 1 is 1.47 bits per heavy atom. The van der Waals surface area contributed by atoms with Crippen molar-refractivity contribution in [3.05, 3.63) is 16.1 Å². The molecule has 0 aliphatic carbocycles. The Morgan fingerprint density at radius 2 is 2.26 bits per heavy atom. The molecule has 2 atom stereocenters. The second-order valence-corrected chi connectivity index (χ2v) is 6.99. The summed E-state index contributed by atoms with van der Waals surface area (Å²) in [6.45, 7) is 12.6. The van der Waals surface area contributed by atoms with E-state index in [9.17, 15) is 0 Å². The lowest BCUT2D eigenvalue weighted by atomic mass is 10.0. The summed E-state index contributed by atoms with van der Waals surface area (Å²) in [5.41, 5.74) is 0. The normalized spacial score (nSPS) is 23.5. The molecule has 1 N–H and O–H groups in total. The van der Waals surface area contributed by atoms with Crippen LogP contribution in [0, 0.1) is 5.92 Å². The third-order valence-electron chi connectivity index (χ3n) is 4.09. The van der Waals surface area contributed by atoms with Crippen molar-refractivity contribution in [3.8, 4) is 0 Å². The molecule has 0 bridgehead atoms. The standard InChI is InChI=1S/C15H27N3S/c1-5-13-9-17-15(19-13)12(4)18-8-6-7-16-14(10-18)11(2)3/h9,11-12,14,16H,5-8,10H2,1-4H3. The molecule has 1 aliphatic rings. The van der Waals surface area contributed by atoms with E-state index in [4.69, 9.17) is 0 Å². The Balaban J connectivity index is 2.05. The second-order valence-electron chi connectivity index (χ2n) is 5.85. The van der Waals surface area contributed by atoms with Gasteiger partial charge in [-0.2, -0.15) is 0 Å². The largest absolute Gasteiger partial charge is 0.312 e. The van der Waals surface area contributed by atoms with Gasteiger partial charge >= 0.3 is 0 Å². The van der Waals surface area contributed by atoms with Crippen molar-refractivity contribution in [1.82, 2.24) is 15.2 Å². The molecule has 0 saturated carbocycles. The van der Waals surface area contributed by atoms with Crippen molar-refractivity contribution >= 4 is 11.3 Å². The van der Waals surface area contributed by atoms with Crippen LogP contribution < -0.4 is 5.32 Å². The number of nitrogens with zero attached hydrogens (tertiary/aromatic N) is 2. The zero-order chi connectivity index (χ0) is 13.8. The lowest BCUT2D eigenvalue weighted by Gasteiger charge is -2.30. The van der Waals surface area contributed by atoms with Gasteiger partial charge in [0.15, 0.2) is 0 Å². The molecule has 4 heteroatoms. The molecule has 0 spiro atoms. The lowest BCUT2D eigenvalue weighted by Crippen LogP contribution is -2.42. The number of rotatable bonds is 4. The lowest BCUT2D eigenvalue weighted by molar-refractivity contribution is 0.192. The smallest absolute Gasteiger partial charge is 0.110 e. The predicted octanol–water partition coefficient (Wildman–Crippen LogP) is 3.09. The molecule has 1 fully saturated rings. The van der Waals surface area contributed by atoms with Crippen LogP contribution in [0.15, 0.2) is 6.20 Å². The minimum absolute atomic E-state index is 0.450. The van der Waals surface area contributed by atoms with Crippen LogP contribution in [0.4, 0.5) is 0 Å². The van der Waals surface area contributed by atoms with E-state index in [0.29, 0.717) is 18.0 Å². The van der Waals surface area contributed by atoms with Crippen LogP contribution >= 0.6 is 11.3 Å². The van der Waals surface area contributed by atoms with Crippen molar-refractivity contribution in [2.75, 3.05) is 19.6 Å². The zero-order valence-electron chi connectivity index (χ0n) is 12.6. The van der Waals surface area contributed by atoms with Crippen LogP contribution in [0.5, 0.6) is 0 Å². The van der Waals surface area contributed by atoms with E-state index in [1.54, 1.807) is 0 Å². The van der Waals surface area contributed by atoms with Crippen LogP contribution in [0.2, 0.25) is 0 Å². The average Bonchev–Trinajstić information content (AvgIpc) is 2.74. The summed E-state index contributed by atoms with van der Waals surface area (Å²) in [4.78, 5) is 8.62. The molecule has 1 aromatic rings. The van der Waals surface area contributed by atoms with Crippen molar-refractivity contribution in [1.29, 1.82) is 0 Å². The number of aromatic nitrogens is 1. The summed E-state index contributed by atoms with van der Waals surface area (Å²) in [6.07, 6.45) is 4.38. The number of hydrogen-bond donors (Lipinski definition) is 1.